The minimum absolute atomic E-state index is 0.0460. The third kappa shape index (κ3) is 5.97. The van der Waals surface area contributed by atoms with Crippen molar-refractivity contribution in [1.29, 1.82) is 0 Å². The van der Waals surface area contributed by atoms with Gasteiger partial charge in [0.1, 0.15) is 18.2 Å². The molecule has 1 aliphatic rings. The fourth-order valence-corrected chi connectivity index (χ4v) is 2.87. The number of carboxylic acid groups (broad SMARTS) is 1. The van der Waals surface area contributed by atoms with E-state index in [0.717, 1.165) is 4.90 Å². The van der Waals surface area contributed by atoms with Gasteiger partial charge in [-0.3, -0.25) is 9.59 Å². The molecule has 0 bridgehead atoms. The minimum atomic E-state index is -1.16. The second-order valence-corrected chi connectivity index (χ2v) is 7.53. The van der Waals surface area contributed by atoms with E-state index < -0.39 is 42.2 Å². The summed E-state index contributed by atoms with van der Waals surface area (Å²) >= 11 is 0. The first kappa shape index (κ1) is 21.2. The highest BCUT2D eigenvalue weighted by Gasteiger charge is 2.40. The van der Waals surface area contributed by atoms with Crippen molar-refractivity contribution in [2.24, 2.45) is 0 Å². The monoisotopic (exact) mass is 391 g/mol. The van der Waals surface area contributed by atoms with Crippen LogP contribution >= 0.6 is 0 Å². The molecule has 28 heavy (non-hydrogen) atoms. The van der Waals surface area contributed by atoms with E-state index in [0.29, 0.717) is 5.56 Å². The fourth-order valence-electron chi connectivity index (χ4n) is 2.87. The molecule has 0 aromatic heterocycles. The zero-order valence-electron chi connectivity index (χ0n) is 16.1. The lowest BCUT2D eigenvalue weighted by atomic mass is 10.1. The van der Waals surface area contributed by atoms with Crippen molar-refractivity contribution in [3.8, 4) is 0 Å². The Balaban J connectivity index is 1.95. The van der Waals surface area contributed by atoms with Crippen LogP contribution in [0.15, 0.2) is 30.3 Å². The summed E-state index contributed by atoms with van der Waals surface area (Å²) in [6, 6.07) is 6.95. The predicted molar refractivity (Wildman–Crippen MR) is 99.7 cm³/mol. The molecule has 0 radical (unpaired) electrons. The van der Waals surface area contributed by atoms with Crippen LogP contribution in [0.5, 0.6) is 0 Å². The summed E-state index contributed by atoms with van der Waals surface area (Å²) in [7, 11) is 0. The number of hydrogen-bond acceptors (Lipinski definition) is 5. The summed E-state index contributed by atoms with van der Waals surface area (Å²) in [5.41, 5.74) is -0.261. The van der Waals surface area contributed by atoms with E-state index in [1.54, 1.807) is 51.1 Å². The Morgan fingerprint density at radius 1 is 1.18 bits per heavy atom. The number of likely N-dealkylation sites (tertiary alicyclic amines) is 1. The maximum absolute atomic E-state index is 12.4. The highest BCUT2D eigenvalue weighted by molar-refractivity contribution is 5.94. The molecule has 0 spiro atoms. The van der Waals surface area contributed by atoms with Crippen LogP contribution in [0.2, 0.25) is 0 Å². The van der Waals surface area contributed by atoms with Crippen LogP contribution in [0.1, 0.15) is 37.6 Å². The number of benzene rings is 1. The Morgan fingerprint density at radius 3 is 2.39 bits per heavy atom. The van der Waals surface area contributed by atoms with Gasteiger partial charge < -0.3 is 25.4 Å². The molecule has 1 aliphatic heterocycles. The topological polar surface area (TPSA) is 125 Å². The highest BCUT2D eigenvalue weighted by atomic mass is 16.6. The Labute approximate surface area is 163 Å². The van der Waals surface area contributed by atoms with Gasteiger partial charge in [-0.2, -0.15) is 0 Å². The second-order valence-electron chi connectivity index (χ2n) is 7.53. The molecule has 1 saturated heterocycles. The van der Waals surface area contributed by atoms with Crippen molar-refractivity contribution in [3.05, 3.63) is 35.9 Å². The average molecular weight is 391 g/mol. The maximum Gasteiger partial charge on any atom is 0.408 e. The summed E-state index contributed by atoms with van der Waals surface area (Å²) in [5.74, 6) is -2.06. The molecule has 9 nitrogen and oxygen atoms in total. The molecular weight excluding hydrogens is 366 g/mol. The van der Waals surface area contributed by atoms with Gasteiger partial charge in [0.2, 0.25) is 5.91 Å². The van der Waals surface area contributed by atoms with Gasteiger partial charge in [0.05, 0.1) is 0 Å². The lowest BCUT2D eigenvalue weighted by molar-refractivity contribution is -0.147. The van der Waals surface area contributed by atoms with Crippen molar-refractivity contribution in [3.63, 3.8) is 0 Å². The Bertz CT molecular complexity index is 744. The number of carbonyl (C=O) groups is 4. The molecule has 3 amide bonds. The Kier molecular flexibility index (Phi) is 6.61. The van der Waals surface area contributed by atoms with Crippen molar-refractivity contribution in [2.75, 3.05) is 13.1 Å². The molecule has 9 heteroatoms. The summed E-state index contributed by atoms with van der Waals surface area (Å²) < 4.78 is 5.05. The third-order valence-corrected chi connectivity index (χ3v) is 4.06. The van der Waals surface area contributed by atoms with Crippen LogP contribution in [0.25, 0.3) is 0 Å². The number of alkyl carbamates (subject to hydrolysis) is 1. The van der Waals surface area contributed by atoms with Crippen LogP contribution in [0.4, 0.5) is 4.79 Å². The van der Waals surface area contributed by atoms with E-state index in [2.05, 4.69) is 10.6 Å². The molecule has 2 rings (SSSR count). The zero-order chi connectivity index (χ0) is 20.9. The fraction of sp³-hybridized carbons (Fsp3) is 0.474. The number of hydrogen-bond donors (Lipinski definition) is 3. The maximum atomic E-state index is 12.4. The van der Waals surface area contributed by atoms with Crippen molar-refractivity contribution < 1.29 is 29.0 Å². The Morgan fingerprint density at radius 2 is 1.82 bits per heavy atom. The molecule has 1 aromatic rings. The Hall–Kier alpha value is -3.10. The molecule has 0 unspecified atom stereocenters. The normalized spacial score (nSPS) is 19.0. The molecule has 3 N–H and O–H groups in total. The van der Waals surface area contributed by atoms with Crippen LogP contribution in [0, 0.1) is 0 Å². The lowest BCUT2D eigenvalue weighted by Gasteiger charge is -2.23. The summed E-state index contributed by atoms with van der Waals surface area (Å²) in [6.07, 6.45) is -0.674. The number of nitrogens with one attached hydrogen (secondary N) is 2. The van der Waals surface area contributed by atoms with Crippen molar-refractivity contribution in [1.82, 2.24) is 15.5 Å². The summed E-state index contributed by atoms with van der Waals surface area (Å²) in [6.45, 7) is 4.72. The SMILES string of the molecule is CC(C)(C)OC(=O)NCC(=O)N1C[C@H](NC(=O)c2ccccc2)C[C@H]1C(=O)O. The molecule has 0 aliphatic carbocycles. The van der Waals surface area contributed by atoms with Gasteiger partial charge in [0.25, 0.3) is 5.91 Å². The average Bonchev–Trinajstić information content (AvgIpc) is 3.03. The first-order chi connectivity index (χ1) is 13.1. The summed E-state index contributed by atoms with van der Waals surface area (Å²) in [4.78, 5) is 49.0. The molecule has 2 atom stereocenters. The van der Waals surface area contributed by atoms with Gasteiger partial charge in [-0.05, 0) is 32.9 Å². The lowest BCUT2D eigenvalue weighted by Crippen LogP contribution is -2.46. The van der Waals surface area contributed by atoms with Gasteiger partial charge >= 0.3 is 12.1 Å². The summed E-state index contributed by atoms with van der Waals surface area (Å²) in [5, 5.41) is 14.5. The molecule has 1 heterocycles. The van der Waals surface area contributed by atoms with Gasteiger partial charge in [-0.1, -0.05) is 18.2 Å². The number of nitrogens with zero attached hydrogens (tertiary/aromatic N) is 1. The van der Waals surface area contributed by atoms with Crippen LogP contribution in [-0.4, -0.2) is 64.7 Å². The first-order valence-corrected chi connectivity index (χ1v) is 8.92. The molecule has 1 aromatic carbocycles. The number of carboxylic acids is 1. The van der Waals surface area contributed by atoms with E-state index in [1.807, 2.05) is 0 Å². The van der Waals surface area contributed by atoms with E-state index >= 15 is 0 Å². The van der Waals surface area contributed by atoms with E-state index in [1.165, 1.54) is 0 Å². The molecule has 0 saturated carbocycles. The quantitative estimate of drug-likeness (QED) is 0.688. The third-order valence-electron chi connectivity index (χ3n) is 4.06. The van der Waals surface area contributed by atoms with Gasteiger partial charge in [0, 0.05) is 24.6 Å². The van der Waals surface area contributed by atoms with Gasteiger partial charge in [0.15, 0.2) is 0 Å². The van der Waals surface area contributed by atoms with Gasteiger partial charge in [-0.25, -0.2) is 9.59 Å². The highest BCUT2D eigenvalue weighted by Crippen LogP contribution is 2.19. The first-order valence-electron chi connectivity index (χ1n) is 8.92. The largest absolute Gasteiger partial charge is 0.480 e. The molecular formula is C19H25N3O6. The van der Waals surface area contributed by atoms with Gasteiger partial charge in [-0.15, -0.1) is 0 Å². The predicted octanol–water partition coefficient (Wildman–Crippen LogP) is 0.995. The minimum Gasteiger partial charge on any atom is -0.480 e. The zero-order valence-corrected chi connectivity index (χ0v) is 16.1. The molecule has 152 valence electrons. The van der Waals surface area contributed by atoms with Crippen LogP contribution < -0.4 is 10.6 Å². The number of aliphatic carboxylic acids is 1. The van der Waals surface area contributed by atoms with Crippen LogP contribution in [0.3, 0.4) is 0 Å². The van der Waals surface area contributed by atoms with E-state index in [4.69, 9.17) is 4.74 Å². The molecule has 1 fully saturated rings. The van der Waals surface area contributed by atoms with E-state index in [-0.39, 0.29) is 18.9 Å². The van der Waals surface area contributed by atoms with Crippen molar-refractivity contribution >= 4 is 23.9 Å². The second kappa shape index (κ2) is 8.73. The van der Waals surface area contributed by atoms with Crippen molar-refractivity contribution in [2.45, 2.75) is 44.9 Å². The van der Waals surface area contributed by atoms with Crippen LogP contribution in [-0.2, 0) is 14.3 Å². The standard InChI is InChI=1S/C19H25N3O6/c1-19(2,3)28-18(27)20-10-15(23)22-11-13(9-14(22)17(25)26)21-16(24)12-7-5-4-6-8-12/h4-8,13-14H,9-11H2,1-3H3,(H,20,27)(H,21,24)(H,25,26)/t13-,14+/m1/s1. The smallest absolute Gasteiger partial charge is 0.408 e. The number of rotatable bonds is 5. The van der Waals surface area contributed by atoms with E-state index in [9.17, 15) is 24.3 Å². The number of carbonyl (C=O) groups excluding carboxylic acids is 3. The number of amides is 3. The number of ether oxygens (including phenoxy) is 1.